The van der Waals surface area contributed by atoms with Gasteiger partial charge in [0.2, 0.25) is 11.8 Å². The van der Waals surface area contributed by atoms with E-state index in [0.717, 1.165) is 38.5 Å². The number of nitrogens with one attached hydrogen (secondary N) is 2. The largest absolute Gasteiger partial charge is 0.381 e. The van der Waals surface area contributed by atoms with E-state index in [1.54, 1.807) is 6.92 Å². The Bertz CT molecular complexity index is 418. The molecule has 6 heteroatoms. The highest BCUT2D eigenvalue weighted by atomic mass is 16.5. The zero-order valence-corrected chi connectivity index (χ0v) is 17.8. The molecular formula is C21H40N2O4. The quantitative estimate of drug-likeness (QED) is 0.535. The molecule has 0 atom stereocenters. The lowest BCUT2D eigenvalue weighted by Gasteiger charge is -2.27. The van der Waals surface area contributed by atoms with Crippen LogP contribution >= 0.6 is 0 Å². The first-order valence-electron chi connectivity index (χ1n) is 10.6. The Balaban J connectivity index is 0.00000210. The van der Waals surface area contributed by atoms with E-state index in [1.165, 1.54) is 6.42 Å². The first kappa shape index (κ1) is 25.6. The van der Waals surface area contributed by atoms with Crippen molar-refractivity contribution in [1.29, 1.82) is 0 Å². The van der Waals surface area contributed by atoms with Crippen molar-refractivity contribution in [3.05, 3.63) is 0 Å². The van der Waals surface area contributed by atoms with Crippen LogP contribution in [0.3, 0.4) is 0 Å². The van der Waals surface area contributed by atoms with E-state index in [2.05, 4.69) is 24.5 Å². The lowest BCUT2D eigenvalue weighted by molar-refractivity contribution is -0.123. The van der Waals surface area contributed by atoms with Crippen LogP contribution in [0, 0.1) is 5.92 Å². The van der Waals surface area contributed by atoms with E-state index < -0.39 is 0 Å². The summed E-state index contributed by atoms with van der Waals surface area (Å²) in [5.41, 5.74) is 0. The maximum Gasteiger partial charge on any atom is 0.222 e. The van der Waals surface area contributed by atoms with E-state index in [1.807, 2.05) is 6.92 Å². The van der Waals surface area contributed by atoms with Gasteiger partial charge in [0, 0.05) is 38.0 Å². The van der Waals surface area contributed by atoms with E-state index in [0.29, 0.717) is 32.6 Å². The maximum atomic E-state index is 11.9. The van der Waals surface area contributed by atoms with Crippen molar-refractivity contribution in [2.75, 3.05) is 19.8 Å². The molecule has 0 bridgehead atoms. The number of rotatable bonds is 11. The summed E-state index contributed by atoms with van der Waals surface area (Å²) in [6, 6.07) is 0.196. The molecule has 0 aromatic heterocycles. The Morgan fingerprint density at radius 3 is 2.11 bits per heavy atom. The molecule has 0 aromatic carbocycles. The van der Waals surface area contributed by atoms with Gasteiger partial charge in [0.1, 0.15) is 5.78 Å². The number of carbonyl (C=O) groups is 3. The van der Waals surface area contributed by atoms with Crippen molar-refractivity contribution < 1.29 is 19.1 Å². The minimum absolute atomic E-state index is 0.0116. The van der Waals surface area contributed by atoms with Gasteiger partial charge in [-0.05, 0) is 45.4 Å². The van der Waals surface area contributed by atoms with Crippen LogP contribution in [0.2, 0.25) is 0 Å². The van der Waals surface area contributed by atoms with Crippen LogP contribution in [0.1, 0.15) is 85.5 Å². The Morgan fingerprint density at radius 2 is 1.56 bits per heavy atom. The Hall–Kier alpha value is -1.43. The minimum Gasteiger partial charge on any atom is -0.381 e. The summed E-state index contributed by atoms with van der Waals surface area (Å²) in [7, 11) is 0. The summed E-state index contributed by atoms with van der Waals surface area (Å²) in [6.45, 7) is 9.43. The number of ether oxygens (including phenoxy) is 1. The second kappa shape index (κ2) is 16.7. The van der Waals surface area contributed by atoms with Gasteiger partial charge in [-0.3, -0.25) is 14.4 Å². The molecule has 0 heterocycles. The molecule has 0 aliphatic heterocycles. The summed E-state index contributed by atoms with van der Waals surface area (Å²) in [6.07, 6.45) is 7.30. The molecule has 0 radical (unpaired) electrons. The number of amides is 2. The number of hydrogen-bond acceptors (Lipinski definition) is 4. The summed E-state index contributed by atoms with van der Waals surface area (Å²) in [4.78, 5) is 34.4. The van der Waals surface area contributed by atoms with Crippen molar-refractivity contribution in [1.82, 2.24) is 10.6 Å². The fourth-order valence-corrected chi connectivity index (χ4v) is 2.93. The summed E-state index contributed by atoms with van der Waals surface area (Å²) in [5.74, 6) is 0.534. The Morgan fingerprint density at radius 1 is 0.926 bits per heavy atom. The smallest absolute Gasteiger partial charge is 0.222 e. The number of carbonyl (C=O) groups excluding carboxylic acids is 3. The lowest BCUT2D eigenvalue weighted by atomic mass is 9.84. The van der Waals surface area contributed by atoms with Gasteiger partial charge in [-0.15, -0.1) is 0 Å². The first-order chi connectivity index (χ1) is 12.9. The standard InChI is InChI=1S/C18H32N2O4.C3H8/c1-3-5-17(22)19-11-4-12-24-13-10-18(23)20-16-8-6-15(7-9-16)14(2)21;1-3-2/h15-16H,3-13H2,1-2H3,(H,19,22)(H,20,23);3H2,1-2H3. The highest BCUT2D eigenvalue weighted by molar-refractivity contribution is 5.78. The molecule has 0 saturated heterocycles. The predicted molar refractivity (Wildman–Crippen MR) is 109 cm³/mol. The van der Waals surface area contributed by atoms with Crippen LogP contribution < -0.4 is 10.6 Å². The third-order valence-corrected chi connectivity index (χ3v) is 4.41. The van der Waals surface area contributed by atoms with E-state index in [-0.39, 0.29) is 29.6 Å². The van der Waals surface area contributed by atoms with Crippen LogP contribution in [0.15, 0.2) is 0 Å². The number of ketones is 1. The zero-order chi connectivity index (χ0) is 20.5. The van der Waals surface area contributed by atoms with Gasteiger partial charge in [-0.1, -0.05) is 27.2 Å². The second-order valence-corrected chi connectivity index (χ2v) is 7.25. The van der Waals surface area contributed by atoms with Crippen molar-refractivity contribution >= 4 is 17.6 Å². The molecular weight excluding hydrogens is 344 g/mol. The van der Waals surface area contributed by atoms with Gasteiger partial charge in [-0.2, -0.15) is 0 Å². The average molecular weight is 385 g/mol. The van der Waals surface area contributed by atoms with E-state index >= 15 is 0 Å². The molecule has 0 spiro atoms. The summed E-state index contributed by atoms with van der Waals surface area (Å²) < 4.78 is 5.43. The fourth-order valence-electron chi connectivity index (χ4n) is 2.93. The van der Waals surface area contributed by atoms with Crippen LogP contribution in [0.5, 0.6) is 0 Å². The van der Waals surface area contributed by atoms with Gasteiger partial charge in [0.05, 0.1) is 6.61 Å². The average Bonchev–Trinajstić information content (AvgIpc) is 2.62. The third-order valence-electron chi connectivity index (χ3n) is 4.41. The van der Waals surface area contributed by atoms with Crippen LogP contribution in [-0.4, -0.2) is 43.4 Å². The van der Waals surface area contributed by atoms with E-state index in [4.69, 9.17) is 4.74 Å². The zero-order valence-electron chi connectivity index (χ0n) is 17.8. The topological polar surface area (TPSA) is 84.5 Å². The van der Waals surface area contributed by atoms with Gasteiger partial charge in [-0.25, -0.2) is 0 Å². The van der Waals surface area contributed by atoms with E-state index in [9.17, 15) is 14.4 Å². The van der Waals surface area contributed by atoms with Gasteiger partial charge in [0.15, 0.2) is 0 Å². The molecule has 2 amide bonds. The van der Waals surface area contributed by atoms with Crippen LogP contribution in [0.25, 0.3) is 0 Å². The Kier molecular flexibility index (Phi) is 15.8. The van der Waals surface area contributed by atoms with Gasteiger partial charge >= 0.3 is 0 Å². The fraction of sp³-hybridized carbons (Fsp3) is 0.857. The summed E-state index contributed by atoms with van der Waals surface area (Å²) >= 11 is 0. The van der Waals surface area contributed by atoms with Crippen molar-refractivity contribution in [3.8, 4) is 0 Å². The maximum absolute atomic E-state index is 11.9. The highest BCUT2D eigenvalue weighted by Gasteiger charge is 2.24. The minimum atomic E-state index is 0.0116. The molecule has 1 aliphatic carbocycles. The van der Waals surface area contributed by atoms with Gasteiger partial charge < -0.3 is 15.4 Å². The molecule has 1 aliphatic rings. The van der Waals surface area contributed by atoms with Gasteiger partial charge in [0.25, 0.3) is 0 Å². The lowest BCUT2D eigenvalue weighted by Crippen LogP contribution is -2.38. The molecule has 1 fully saturated rings. The second-order valence-electron chi connectivity index (χ2n) is 7.25. The number of Topliss-reactive ketones (excluding diaryl/α,β-unsaturated/α-hetero) is 1. The molecule has 27 heavy (non-hydrogen) atoms. The monoisotopic (exact) mass is 384 g/mol. The molecule has 2 N–H and O–H groups in total. The van der Waals surface area contributed by atoms with Crippen LogP contribution in [0.4, 0.5) is 0 Å². The Labute approximate surface area is 165 Å². The SMILES string of the molecule is CCC.CCCC(=O)NCCCOCCC(=O)NC1CCC(C(C)=O)CC1. The molecule has 0 unspecified atom stereocenters. The molecule has 1 saturated carbocycles. The normalized spacial score (nSPS) is 18.8. The highest BCUT2D eigenvalue weighted by Crippen LogP contribution is 2.24. The molecule has 158 valence electrons. The third kappa shape index (κ3) is 14.3. The summed E-state index contributed by atoms with van der Waals surface area (Å²) in [5, 5.41) is 5.85. The number of hydrogen-bond donors (Lipinski definition) is 2. The van der Waals surface area contributed by atoms with Crippen LogP contribution in [-0.2, 0) is 19.1 Å². The molecule has 0 aromatic rings. The first-order valence-corrected chi connectivity index (χ1v) is 10.6. The molecule has 6 nitrogen and oxygen atoms in total. The van der Waals surface area contributed by atoms with Crippen molar-refractivity contribution in [2.45, 2.75) is 91.5 Å². The molecule has 1 rings (SSSR count). The predicted octanol–water partition coefficient (Wildman–Crippen LogP) is 3.38. The van der Waals surface area contributed by atoms with Crippen molar-refractivity contribution in [2.24, 2.45) is 5.92 Å². The van der Waals surface area contributed by atoms with Crippen molar-refractivity contribution in [3.63, 3.8) is 0 Å².